The summed E-state index contributed by atoms with van der Waals surface area (Å²) in [5, 5.41) is 2.60. The Kier molecular flexibility index (Phi) is 7.94. The summed E-state index contributed by atoms with van der Waals surface area (Å²) < 4.78 is 0. The molecule has 0 aliphatic heterocycles. The van der Waals surface area contributed by atoms with Crippen molar-refractivity contribution in [3.63, 3.8) is 0 Å². The molecule has 0 fully saturated rings. The lowest BCUT2D eigenvalue weighted by Crippen LogP contribution is -2.25. The molecule has 0 heterocycles. The first-order chi connectivity index (χ1) is 28.8. The number of hydrogen-bond acceptors (Lipinski definition) is 1. The molecule has 1 nitrogen and oxygen atoms in total. The quantitative estimate of drug-likeness (QED) is 0.163. The van der Waals surface area contributed by atoms with Gasteiger partial charge >= 0.3 is 0 Å². The van der Waals surface area contributed by atoms with Gasteiger partial charge in [0.2, 0.25) is 0 Å². The summed E-state index contributed by atoms with van der Waals surface area (Å²) in [5.41, 5.74) is 21.2. The van der Waals surface area contributed by atoms with Crippen molar-refractivity contribution in [1.29, 1.82) is 0 Å². The molecule has 0 spiro atoms. The average molecular weight is 756 g/mol. The van der Waals surface area contributed by atoms with E-state index in [0.29, 0.717) is 0 Å². The Bertz CT molecular complexity index is 3060. The lowest BCUT2D eigenvalue weighted by atomic mass is 9.66. The molecular formula is C58H45N. The van der Waals surface area contributed by atoms with Crippen molar-refractivity contribution in [3.05, 3.63) is 222 Å². The van der Waals surface area contributed by atoms with Gasteiger partial charge in [0.05, 0.1) is 5.69 Å². The third-order valence-electron chi connectivity index (χ3n) is 13.3. The highest BCUT2D eigenvalue weighted by Gasteiger charge is 2.39. The van der Waals surface area contributed by atoms with Gasteiger partial charge in [0.1, 0.15) is 0 Å². The SMILES string of the molecule is CC1(C)c2ccccc2-c2ccc(N(c3ccc(-c4ccc(-c5ccccc5)cc4)cc3)c3ccc4cccc5c4c3-c3cccc(-c4ccccc4)c3C5(C)C)cc21. The van der Waals surface area contributed by atoms with Gasteiger partial charge in [-0.2, -0.15) is 0 Å². The average Bonchev–Trinajstić information content (AvgIpc) is 3.51. The minimum Gasteiger partial charge on any atom is -0.310 e. The van der Waals surface area contributed by atoms with Crippen LogP contribution in [0.4, 0.5) is 17.1 Å². The monoisotopic (exact) mass is 755 g/mol. The van der Waals surface area contributed by atoms with Gasteiger partial charge in [-0.1, -0.05) is 198 Å². The maximum atomic E-state index is 2.52. The molecule has 0 aromatic heterocycles. The zero-order chi connectivity index (χ0) is 39.9. The normalized spacial score (nSPS) is 14.0. The first-order valence-corrected chi connectivity index (χ1v) is 20.8. The molecule has 59 heavy (non-hydrogen) atoms. The first-order valence-electron chi connectivity index (χ1n) is 20.8. The summed E-state index contributed by atoms with van der Waals surface area (Å²) in [7, 11) is 0. The van der Waals surface area contributed by atoms with E-state index in [-0.39, 0.29) is 10.8 Å². The van der Waals surface area contributed by atoms with E-state index in [9.17, 15) is 0 Å². The van der Waals surface area contributed by atoms with E-state index < -0.39 is 0 Å². The van der Waals surface area contributed by atoms with Crippen molar-refractivity contribution in [2.24, 2.45) is 0 Å². The Morgan fingerprint density at radius 3 is 1.58 bits per heavy atom. The summed E-state index contributed by atoms with van der Waals surface area (Å²) in [5.74, 6) is 0. The molecule has 0 saturated carbocycles. The van der Waals surface area contributed by atoms with Crippen molar-refractivity contribution in [3.8, 4) is 55.6 Å². The Labute approximate surface area is 347 Å². The van der Waals surface area contributed by atoms with Gasteiger partial charge in [-0.05, 0) is 113 Å². The van der Waals surface area contributed by atoms with E-state index >= 15 is 0 Å². The predicted molar refractivity (Wildman–Crippen MR) is 250 cm³/mol. The van der Waals surface area contributed by atoms with Gasteiger partial charge in [-0.25, -0.2) is 0 Å². The summed E-state index contributed by atoms with van der Waals surface area (Å²) in [6.07, 6.45) is 0. The minimum atomic E-state index is -0.223. The van der Waals surface area contributed by atoms with Gasteiger partial charge in [0.25, 0.3) is 0 Å². The van der Waals surface area contributed by atoms with E-state index in [1.807, 2.05) is 0 Å². The van der Waals surface area contributed by atoms with Crippen LogP contribution in [0.3, 0.4) is 0 Å². The number of anilines is 3. The molecule has 0 bridgehead atoms. The highest BCUT2D eigenvalue weighted by Crippen LogP contribution is 2.57. The van der Waals surface area contributed by atoms with Crippen LogP contribution in [0.15, 0.2) is 200 Å². The van der Waals surface area contributed by atoms with E-state index in [0.717, 1.165) is 11.4 Å². The molecule has 2 aliphatic rings. The van der Waals surface area contributed by atoms with Gasteiger partial charge in [0, 0.05) is 27.8 Å². The van der Waals surface area contributed by atoms with Crippen LogP contribution >= 0.6 is 0 Å². The molecule has 0 amide bonds. The van der Waals surface area contributed by atoms with Crippen molar-refractivity contribution >= 4 is 27.8 Å². The Balaban J connectivity index is 1.13. The zero-order valence-corrected chi connectivity index (χ0v) is 34.0. The highest BCUT2D eigenvalue weighted by molar-refractivity contribution is 6.11. The van der Waals surface area contributed by atoms with Gasteiger partial charge in [0.15, 0.2) is 0 Å². The molecule has 0 atom stereocenters. The second-order valence-electron chi connectivity index (χ2n) is 17.3. The van der Waals surface area contributed by atoms with Gasteiger partial charge in [-0.15, -0.1) is 0 Å². The summed E-state index contributed by atoms with van der Waals surface area (Å²) in [6, 6.07) is 74.3. The van der Waals surface area contributed by atoms with Crippen LogP contribution < -0.4 is 4.90 Å². The lowest BCUT2D eigenvalue weighted by Gasteiger charge is -2.39. The third-order valence-corrected chi connectivity index (χ3v) is 13.3. The zero-order valence-electron chi connectivity index (χ0n) is 34.0. The Morgan fingerprint density at radius 1 is 0.339 bits per heavy atom. The van der Waals surface area contributed by atoms with Crippen LogP contribution in [0.25, 0.3) is 66.4 Å². The van der Waals surface area contributed by atoms with E-state index in [1.54, 1.807) is 0 Å². The van der Waals surface area contributed by atoms with Crippen LogP contribution in [0, 0.1) is 0 Å². The van der Waals surface area contributed by atoms with Crippen molar-refractivity contribution < 1.29 is 0 Å². The fourth-order valence-electron chi connectivity index (χ4n) is 10.3. The summed E-state index contributed by atoms with van der Waals surface area (Å²) in [6.45, 7) is 9.57. The molecule has 0 radical (unpaired) electrons. The number of fused-ring (bicyclic) bond motifs is 5. The summed E-state index contributed by atoms with van der Waals surface area (Å²) >= 11 is 0. The minimum absolute atomic E-state index is 0.130. The Hall–Kier alpha value is -6.96. The number of nitrogens with zero attached hydrogens (tertiary/aromatic N) is 1. The number of hydrogen-bond donors (Lipinski definition) is 0. The van der Waals surface area contributed by atoms with Crippen molar-refractivity contribution in [2.75, 3.05) is 4.90 Å². The van der Waals surface area contributed by atoms with Crippen LogP contribution in [0.2, 0.25) is 0 Å². The molecule has 0 N–H and O–H groups in total. The van der Waals surface area contributed by atoms with Crippen LogP contribution in [-0.4, -0.2) is 0 Å². The molecule has 11 rings (SSSR count). The maximum absolute atomic E-state index is 2.52. The maximum Gasteiger partial charge on any atom is 0.0546 e. The van der Waals surface area contributed by atoms with Crippen molar-refractivity contribution in [1.82, 2.24) is 0 Å². The molecule has 0 saturated heterocycles. The molecule has 9 aromatic carbocycles. The van der Waals surface area contributed by atoms with Crippen LogP contribution in [0.5, 0.6) is 0 Å². The number of benzene rings is 9. The lowest BCUT2D eigenvalue weighted by molar-refractivity contribution is 0.647. The molecule has 2 aliphatic carbocycles. The van der Waals surface area contributed by atoms with Gasteiger partial charge < -0.3 is 4.90 Å². The van der Waals surface area contributed by atoms with Crippen LogP contribution in [-0.2, 0) is 10.8 Å². The molecule has 282 valence electrons. The predicted octanol–water partition coefficient (Wildman–Crippen LogP) is 15.9. The molecule has 9 aromatic rings. The Morgan fingerprint density at radius 2 is 0.864 bits per heavy atom. The fraction of sp³-hybridized carbons (Fsp3) is 0.103. The molecular weight excluding hydrogens is 711 g/mol. The third kappa shape index (κ3) is 5.45. The van der Waals surface area contributed by atoms with E-state index in [4.69, 9.17) is 0 Å². The molecule has 1 heteroatoms. The largest absolute Gasteiger partial charge is 0.310 e. The topological polar surface area (TPSA) is 3.24 Å². The van der Waals surface area contributed by atoms with Crippen LogP contribution in [0.1, 0.15) is 49.9 Å². The molecule has 0 unspecified atom stereocenters. The summed E-state index contributed by atoms with van der Waals surface area (Å²) in [4.78, 5) is 2.52. The first kappa shape index (κ1) is 35.2. The second kappa shape index (κ2) is 13.3. The van der Waals surface area contributed by atoms with E-state index in [2.05, 4.69) is 233 Å². The fourth-order valence-corrected chi connectivity index (χ4v) is 10.3. The number of rotatable bonds is 6. The highest BCUT2D eigenvalue weighted by atomic mass is 15.1. The van der Waals surface area contributed by atoms with Gasteiger partial charge in [-0.3, -0.25) is 0 Å². The smallest absolute Gasteiger partial charge is 0.0546 e. The van der Waals surface area contributed by atoms with E-state index in [1.165, 1.54) is 94.3 Å². The second-order valence-corrected chi connectivity index (χ2v) is 17.3. The standard InChI is InChI=1S/C58H45N/c1-57(2)50-23-12-11-20-47(50)48-35-34-45(37-52(48)57)59(44-32-29-41(30-33-44)40-27-25-39(26-28-40)38-15-7-5-8-16-38)53-36-31-43-19-13-24-51-54(43)55(53)49-22-14-21-46(56(49)58(51,3)4)42-17-9-6-10-18-42/h5-37H,1-4H3. The van der Waals surface area contributed by atoms with Crippen molar-refractivity contribution in [2.45, 2.75) is 38.5 Å².